The number of nitrogens with zero attached hydrogens (tertiary/aromatic N) is 3. The van der Waals surface area contributed by atoms with Crippen LogP contribution < -0.4 is 4.74 Å². The van der Waals surface area contributed by atoms with E-state index in [1.807, 2.05) is 6.07 Å². The molecule has 0 unspecified atom stereocenters. The zero-order valence-electron chi connectivity index (χ0n) is 16.0. The standard InChI is InChI=1S/C22H22FN3O3/c23-17-6-3-5-16(11-17)12-19-14-25-22(29-19)20-8-1-2-10-26(20)21(27)15-28-18-7-4-9-24-13-18/h3-7,9,11,13-14,20H,1-2,8,10,12,15H2/t20-/m1/s1. The summed E-state index contributed by atoms with van der Waals surface area (Å²) in [7, 11) is 0. The van der Waals surface area contributed by atoms with E-state index < -0.39 is 0 Å². The molecule has 2 aromatic heterocycles. The Balaban J connectivity index is 1.43. The summed E-state index contributed by atoms with van der Waals surface area (Å²) in [5.74, 6) is 1.34. The van der Waals surface area contributed by atoms with E-state index in [4.69, 9.17) is 9.15 Å². The minimum absolute atomic E-state index is 0.0565. The van der Waals surface area contributed by atoms with Gasteiger partial charge in [-0.2, -0.15) is 0 Å². The Morgan fingerprint density at radius 1 is 1.24 bits per heavy atom. The van der Waals surface area contributed by atoms with Gasteiger partial charge >= 0.3 is 0 Å². The van der Waals surface area contributed by atoms with Crippen molar-refractivity contribution in [2.45, 2.75) is 31.7 Å². The molecule has 150 valence electrons. The number of carbonyl (C=O) groups is 1. The lowest BCUT2D eigenvalue weighted by Gasteiger charge is -2.33. The number of ether oxygens (including phenoxy) is 1. The molecule has 1 fully saturated rings. The molecule has 0 bridgehead atoms. The summed E-state index contributed by atoms with van der Waals surface area (Å²) in [4.78, 5) is 22.9. The largest absolute Gasteiger partial charge is 0.482 e. The fourth-order valence-electron chi connectivity index (χ4n) is 3.55. The van der Waals surface area contributed by atoms with Crippen LogP contribution in [0.3, 0.4) is 0 Å². The molecule has 0 aliphatic carbocycles. The Bertz CT molecular complexity index is 961. The number of aromatic nitrogens is 2. The number of hydrogen-bond acceptors (Lipinski definition) is 5. The van der Waals surface area contributed by atoms with Crippen LogP contribution in [-0.4, -0.2) is 33.9 Å². The van der Waals surface area contributed by atoms with Crippen LogP contribution in [0.2, 0.25) is 0 Å². The molecule has 7 heteroatoms. The van der Waals surface area contributed by atoms with Crippen LogP contribution in [0.5, 0.6) is 5.75 Å². The predicted octanol–water partition coefficient (Wildman–Crippen LogP) is 3.93. The molecule has 3 aromatic rings. The molecule has 1 amide bonds. The maximum absolute atomic E-state index is 13.4. The van der Waals surface area contributed by atoms with Gasteiger partial charge in [-0.05, 0) is 49.1 Å². The van der Waals surface area contributed by atoms with Gasteiger partial charge in [-0.3, -0.25) is 9.78 Å². The summed E-state index contributed by atoms with van der Waals surface area (Å²) in [6, 6.07) is 9.72. The quantitative estimate of drug-likeness (QED) is 0.633. The highest BCUT2D eigenvalue weighted by Gasteiger charge is 2.31. The van der Waals surface area contributed by atoms with Gasteiger partial charge in [-0.1, -0.05) is 12.1 Å². The molecule has 0 saturated carbocycles. The van der Waals surface area contributed by atoms with E-state index in [0.29, 0.717) is 30.4 Å². The average molecular weight is 395 g/mol. The summed E-state index contributed by atoms with van der Waals surface area (Å²) in [5.41, 5.74) is 0.814. The van der Waals surface area contributed by atoms with E-state index >= 15 is 0 Å². The summed E-state index contributed by atoms with van der Waals surface area (Å²) in [5, 5.41) is 0. The molecular formula is C22H22FN3O3. The van der Waals surface area contributed by atoms with Crippen LogP contribution in [0.15, 0.2) is 59.4 Å². The highest BCUT2D eigenvalue weighted by molar-refractivity contribution is 5.78. The van der Waals surface area contributed by atoms with Gasteiger partial charge in [0, 0.05) is 19.2 Å². The molecule has 0 N–H and O–H groups in total. The Kier molecular flexibility index (Phi) is 5.84. The number of likely N-dealkylation sites (tertiary alicyclic amines) is 1. The minimum atomic E-state index is -0.278. The van der Waals surface area contributed by atoms with E-state index in [1.165, 1.54) is 12.1 Å². The van der Waals surface area contributed by atoms with Gasteiger partial charge in [0.05, 0.1) is 12.4 Å². The van der Waals surface area contributed by atoms with Crippen LogP contribution in [0.1, 0.15) is 42.5 Å². The molecule has 0 spiro atoms. The van der Waals surface area contributed by atoms with Crippen LogP contribution in [0.4, 0.5) is 4.39 Å². The Labute approximate surface area is 168 Å². The number of halogens is 1. The Morgan fingerprint density at radius 3 is 3.00 bits per heavy atom. The van der Waals surface area contributed by atoms with E-state index in [1.54, 1.807) is 41.7 Å². The van der Waals surface area contributed by atoms with Gasteiger partial charge in [0.15, 0.2) is 6.61 Å². The van der Waals surface area contributed by atoms with Crippen molar-refractivity contribution in [3.8, 4) is 5.75 Å². The first-order valence-electron chi connectivity index (χ1n) is 9.70. The maximum Gasteiger partial charge on any atom is 0.261 e. The molecule has 29 heavy (non-hydrogen) atoms. The van der Waals surface area contributed by atoms with Crippen molar-refractivity contribution in [2.24, 2.45) is 0 Å². The second-order valence-electron chi connectivity index (χ2n) is 7.05. The van der Waals surface area contributed by atoms with Gasteiger partial charge in [-0.15, -0.1) is 0 Å². The van der Waals surface area contributed by atoms with Crippen molar-refractivity contribution in [1.82, 2.24) is 14.9 Å². The monoisotopic (exact) mass is 395 g/mol. The molecule has 1 saturated heterocycles. The summed E-state index contributed by atoms with van der Waals surface area (Å²) >= 11 is 0. The van der Waals surface area contributed by atoms with Gasteiger partial charge in [0.2, 0.25) is 5.89 Å². The summed E-state index contributed by atoms with van der Waals surface area (Å²) < 4.78 is 24.9. The fourth-order valence-corrected chi connectivity index (χ4v) is 3.55. The van der Waals surface area contributed by atoms with Crippen molar-refractivity contribution in [1.29, 1.82) is 0 Å². The van der Waals surface area contributed by atoms with E-state index in [0.717, 1.165) is 24.8 Å². The van der Waals surface area contributed by atoms with Crippen LogP contribution in [-0.2, 0) is 11.2 Å². The predicted molar refractivity (Wildman–Crippen MR) is 104 cm³/mol. The number of pyridine rings is 1. The van der Waals surface area contributed by atoms with Crippen molar-refractivity contribution < 1.29 is 18.3 Å². The topological polar surface area (TPSA) is 68.5 Å². The van der Waals surface area contributed by atoms with E-state index in [-0.39, 0.29) is 24.4 Å². The van der Waals surface area contributed by atoms with Crippen LogP contribution in [0.25, 0.3) is 0 Å². The van der Waals surface area contributed by atoms with Crippen molar-refractivity contribution in [3.05, 3.63) is 78.0 Å². The SMILES string of the molecule is O=C(COc1cccnc1)N1CCCC[C@@H]1c1ncc(Cc2cccc(F)c2)o1. The number of oxazole rings is 1. The molecule has 1 aromatic carbocycles. The Hall–Kier alpha value is -3.22. The zero-order valence-corrected chi connectivity index (χ0v) is 16.0. The maximum atomic E-state index is 13.4. The first-order chi connectivity index (χ1) is 14.2. The second-order valence-corrected chi connectivity index (χ2v) is 7.05. The second kappa shape index (κ2) is 8.86. The molecule has 4 rings (SSSR count). The van der Waals surface area contributed by atoms with Gasteiger partial charge in [0.1, 0.15) is 23.4 Å². The number of rotatable bonds is 6. The van der Waals surface area contributed by atoms with Gasteiger partial charge in [-0.25, -0.2) is 9.37 Å². The Morgan fingerprint density at radius 2 is 2.17 bits per heavy atom. The first kappa shape index (κ1) is 19.1. The van der Waals surface area contributed by atoms with Crippen LogP contribution in [0, 0.1) is 5.82 Å². The average Bonchev–Trinajstić information content (AvgIpc) is 3.21. The molecule has 1 aliphatic heterocycles. The number of benzene rings is 1. The molecule has 0 radical (unpaired) electrons. The molecule has 3 heterocycles. The van der Waals surface area contributed by atoms with Gasteiger partial charge < -0.3 is 14.1 Å². The van der Waals surface area contributed by atoms with E-state index in [2.05, 4.69) is 9.97 Å². The smallest absolute Gasteiger partial charge is 0.261 e. The third-order valence-corrected chi connectivity index (χ3v) is 4.94. The molecule has 6 nitrogen and oxygen atoms in total. The van der Waals surface area contributed by atoms with Crippen molar-refractivity contribution >= 4 is 5.91 Å². The molecule has 1 atom stereocenters. The third-order valence-electron chi connectivity index (χ3n) is 4.94. The number of amides is 1. The van der Waals surface area contributed by atoms with Crippen molar-refractivity contribution in [3.63, 3.8) is 0 Å². The third kappa shape index (κ3) is 4.80. The highest BCUT2D eigenvalue weighted by atomic mass is 19.1. The lowest BCUT2D eigenvalue weighted by molar-refractivity contribution is -0.137. The van der Waals surface area contributed by atoms with E-state index in [9.17, 15) is 9.18 Å². The summed E-state index contributed by atoms with van der Waals surface area (Å²) in [6.07, 6.45) is 8.07. The number of piperidine rings is 1. The lowest BCUT2D eigenvalue weighted by atomic mass is 10.0. The van der Waals surface area contributed by atoms with Crippen molar-refractivity contribution in [2.75, 3.05) is 13.2 Å². The van der Waals surface area contributed by atoms with Gasteiger partial charge in [0.25, 0.3) is 5.91 Å². The first-order valence-corrected chi connectivity index (χ1v) is 9.70. The molecular weight excluding hydrogens is 373 g/mol. The zero-order chi connectivity index (χ0) is 20.1. The minimum Gasteiger partial charge on any atom is -0.482 e. The number of carbonyl (C=O) groups excluding carboxylic acids is 1. The molecule has 1 aliphatic rings. The highest BCUT2D eigenvalue weighted by Crippen LogP contribution is 2.31. The summed E-state index contributed by atoms with van der Waals surface area (Å²) in [6.45, 7) is 0.584. The lowest BCUT2D eigenvalue weighted by Crippen LogP contribution is -2.41. The normalized spacial score (nSPS) is 16.6. The number of hydrogen-bond donors (Lipinski definition) is 0. The van der Waals surface area contributed by atoms with Crippen LogP contribution >= 0.6 is 0 Å². The fraction of sp³-hybridized carbons (Fsp3) is 0.318.